The van der Waals surface area contributed by atoms with Gasteiger partial charge in [0, 0.05) is 15.6 Å². The molecule has 3 heteroatoms. The first kappa shape index (κ1) is 13.1. The van der Waals surface area contributed by atoms with E-state index < -0.39 is 0 Å². The van der Waals surface area contributed by atoms with Crippen LogP contribution in [0.5, 0.6) is 5.75 Å². The Morgan fingerprint density at radius 2 is 1.78 bits per heavy atom. The molecule has 0 unspecified atom stereocenters. The Balaban J connectivity index is 2.14. The second-order valence-corrected chi connectivity index (χ2v) is 5.08. The summed E-state index contributed by atoms with van der Waals surface area (Å²) in [5.41, 5.74) is 1.79. The van der Waals surface area contributed by atoms with Crippen molar-refractivity contribution in [3.8, 4) is 5.75 Å². The Bertz CT molecular complexity index is 547. The minimum absolute atomic E-state index is 0.127. The number of methoxy groups -OCH3 is 1. The molecule has 0 N–H and O–H groups in total. The minimum Gasteiger partial charge on any atom is -0.497 e. The standard InChI is InChI=1S/C15H13IO2/c1-18-13-8-6-11(7-9-13)15(17)10-12-4-2-3-5-14(12)16/h2-9H,10H2,1H3. The molecule has 0 aliphatic carbocycles. The van der Waals surface area contributed by atoms with Crippen LogP contribution in [0.2, 0.25) is 0 Å². The lowest BCUT2D eigenvalue weighted by molar-refractivity contribution is 0.0993. The van der Waals surface area contributed by atoms with Crippen LogP contribution in [0, 0.1) is 3.57 Å². The molecular formula is C15H13IO2. The molecule has 0 saturated heterocycles. The van der Waals surface area contributed by atoms with Crippen LogP contribution < -0.4 is 4.74 Å². The third-order valence-corrected chi connectivity index (χ3v) is 3.77. The van der Waals surface area contributed by atoms with Gasteiger partial charge in [-0.25, -0.2) is 0 Å². The molecule has 0 radical (unpaired) electrons. The molecule has 92 valence electrons. The van der Waals surface area contributed by atoms with Crippen molar-refractivity contribution in [2.24, 2.45) is 0 Å². The molecular weight excluding hydrogens is 339 g/mol. The van der Waals surface area contributed by atoms with Crippen LogP contribution in [0.4, 0.5) is 0 Å². The Labute approximate surface area is 120 Å². The van der Waals surface area contributed by atoms with E-state index in [2.05, 4.69) is 22.6 Å². The second kappa shape index (κ2) is 6.00. The predicted octanol–water partition coefficient (Wildman–Crippen LogP) is 3.73. The maximum absolute atomic E-state index is 12.1. The van der Waals surface area contributed by atoms with Gasteiger partial charge in [0.1, 0.15) is 5.75 Å². The molecule has 2 aromatic rings. The second-order valence-electron chi connectivity index (χ2n) is 3.92. The van der Waals surface area contributed by atoms with Crippen LogP contribution in [-0.4, -0.2) is 12.9 Å². The molecule has 2 nitrogen and oxygen atoms in total. The third-order valence-electron chi connectivity index (χ3n) is 2.72. The fourth-order valence-corrected chi connectivity index (χ4v) is 2.27. The predicted molar refractivity (Wildman–Crippen MR) is 80.2 cm³/mol. The average Bonchev–Trinajstić information content (AvgIpc) is 2.41. The maximum atomic E-state index is 12.1. The number of halogens is 1. The highest BCUT2D eigenvalue weighted by molar-refractivity contribution is 14.1. The van der Waals surface area contributed by atoms with Crippen molar-refractivity contribution in [3.05, 3.63) is 63.2 Å². The number of carbonyl (C=O) groups excluding carboxylic acids is 1. The topological polar surface area (TPSA) is 26.3 Å². The quantitative estimate of drug-likeness (QED) is 0.619. The van der Waals surface area contributed by atoms with Gasteiger partial charge in [0.05, 0.1) is 7.11 Å². The van der Waals surface area contributed by atoms with Crippen LogP contribution in [0.1, 0.15) is 15.9 Å². The van der Waals surface area contributed by atoms with Gasteiger partial charge < -0.3 is 4.74 Å². The third kappa shape index (κ3) is 3.10. The Kier molecular flexibility index (Phi) is 4.36. The van der Waals surface area contributed by atoms with Crippen molar-refractivity contribution in [2.75, 3.05) is 7.11 Å². The molecule has 0 aromatic heterocycles. The van der Waals surface area contributed by atoms with Crippen molar-refractivity contribution in [1.82, 2.24) is 0 Å². The first-order chi connectivity index (χ1) is 8.70. The smallest absolute Gasteiger partial charge is 0.167 e. The van der Waals surface area contributed by atoms with E-state index in [1.54, 1.807) is 19.2 Å². The van der Waals surface area contributed by atoms with E-state index in [1.807, 2.05) is 36.4 Å². The summed E-state index contributed by atoms with van der Waals surface area (Å²) in [7, 11) is 1.61. The Morgan fingerprint density at radius 3 is 2.39 bits per heavy atom. The Morgan fingerprint density at radius 1 is 1.11 bits per heavy atom. The molecule has 0 bridgehead atoms. The average molecular weight is 352 g/mol. The lowest BCUT2D eigenvalue weighted by Crippen LogP contribution is -2.04. The fourth-order valence-electron chi connectivity index (χ4n) is 1.69. The number of carbonyl (C=O) groups is 1. The molecule has 0 aliphatic rings. The van der Waals surface area contributed by atoms with Crippen molar-refractivity contribution in [2.45, 2.75) is 6.42 Å². The lowest BCUT2D eigenvalue weighted by Gasteiger charge is -2.05. The van der Waals surface area contributed by atoms with Crippen LogP contribution in [-0.2, 0) is 6.42 Å². The van der Waals surface area contributed by atoms with Gasteiger partial charge in [0.15, 0.2) is 5.78 Å². The van der Waals surface area contributed by atoms with E-state index in [4.69, 9.17) is 4.74 Å². The van der Waals surface area contributed by atoms with E-state index in [9.17, 15) is 4.79 Å². The van der Waals surface area contributed by atoms with Crippen LogP contribution in [0.25, 0.3) is 0 Å². The van der Waals surface area contributed by atoms with Crippen molar-refractivity contribution in [1.29, 1.82) is 0 Å². The number of benzene rings is 2. The molecule has 0 fully saturated rings. The van der Waals surface area contributed by atoms with E-state index >= 15 is 0 Å². The highest BCUT2D eigenvalue weighted by atomic mass is 127. The number of ether oxygens (including phenoxy) is 1. The van der Waals surface area contributed by atoms with Gasteiger partial charge >= 0.3 is 0 Å². The molecule has 0 atom stereocenters. The lowest BCUT2D eigenvalue weighted by atomic mass is 10.0. The zero-order valence-corrected chi connectivity index (χ0v) is 12.2. The molecule has 0 aliphatic heterocycles. The van der Waals surface area contributed by atoms with Crippen LogP contribution in [0.3, 0.4) is 0 Å². The van der Waals surface area contributed by atoms with Crippen molar-refractivity contribution >= 4 is 28.4 Å². The first-order valence-electron chi connectivity index (χ1n) is 5.61. The maximum Gasteiger partial charge on any atom is 0.167 e. The highest BCUT2D eigenvalue weighted by Crippen LogP contribution is 2.16. The first-order valence-corrected chi connectivity index (χ1v) is 6.69. The fraction of sp³-hybridized carbons (Fsp3) is 0.133. The largest absolute Gasteiger partial charge is 0.497 e. The highest BCUT2D eigenvalue weighted by Gasteiger charge is 2.09. The van der Waals surface area contributed by atoms with Crippen molar-refractivity contribution < 1.29 is 9.53 Å². The summed E-state index contributed by atoms with van der Waals surface area (Å²) in [4.78, 5) is 12.1. The van der Waals surface area contributed by atoms with E-state index in [1.165, 1.54) is 0 Å². The number of Topliss-reactive ketones (excluding diaryl/α,β-unsaturated/α-hetero) is 1. The van der Waals surface area contributed by atoms with Gasteiger partial charge in [-0.15, -0.1) is 0 Å². The number of hydrogen-bond acceptors (Lipinski definition) is 2. The number of hydrogen-bond donors (Lipinski definition) is 0. The molecule has 0 spiro atoms. The summed E-state index contributed by atoms with van der Waals surface area (Å²) < 4.78 is 6.20. The van der Waals surface area contributed by atoms with Gasteiger partial charge in [-0.3, -0.25) is 4.79 Å². The van der Waals surface area contributed by atoms with Gasteiger partial charge in [-0.2, -0.15) is 0 Å². The number of ketones is 1. The van der Waals surface area contributed by atoms with Crippen molar-refractivity contribution in [3.63, 3.8) is 0 Å². The normalized spacial score (nSPS) is 10.1. The van der Waals surface area contributed by atoms with Crippen LogP contribution in [0.15, 0.2) is 48.5 Å². The van der Waals surface area contributed by atoms with Gasteiger partial charge in [-0.05, 0) is 58.5 Å². The summed E-state index contributed by atoms with van der Waals surface area (Å²) >= 11 is 2.25. The molecule has 2 rings (SSSR count). The van der Waals surface area contributed by atoms with E-state index in [0.717, 1.165) is 20.4 Å². The SMILES string of the molecule is COc1ccc(C(=O)Cc2ccccc2I)cc1. The minimum atomic E-state index is 0.127. The monoisotopic (exact) mass is 352 g/mol. The molecule has 0 heterocycles. The zero-order chi connectivity index (χ0) is 13.0. The summed E-state index contributed by atoms with van der Waals surface area (Å²) in [6, 6.07) is 15.2. The van der Waals surface area contributed by atoms with Gasteiger partial charge in [0.2, 0.25) is 0 Å². The molecule has 18 heavy (non-hydrogen) atoms. The molecule has 2 aromatic carbocycles. The zero-order valence-electron chi connectivity index (χ0n) is 10.0. The van der Waals surface area contributed by atoms with Crippen LogP contribution >= 0.6 is 22.6 Å². The summed E-state index contributed by atoms with van der Waals surface area (Å²) in [6.45, 7) is 0. The van der Waals surface area contributed by atoms with Gasteiger partial charge in [-0.1, -0.05) is 18.2 Å². The summed E-state index contributed by atoms with van der Waals surface area (Å²) in [5, 5.41) is 0. The molecule has 0 saturated carbocycles. The molecule has 0 amide bonds. The van der Waals surface area contributed by atoms with Gasteiger partial charge in [0.25, 0.3) is 0 Å². The summed E-state index contributed by atoms with van der Waals surface area (Å²) in [5.74, 6) is 0.891. The Hall–Kier alpha value is -1.36. The van der Waals surface area contributed by atoms with E-state index in [-0.39, 0.29) is 5.78 Å². The summed E-state index contributed by atoms with van der Waals surface area (Å²) in [6.07, 6.45) is 0.436. The number of rotatable bonds is 4. The van der Waals surface area contributed by atoms with E-state index in [0.29, 0.717) is 6.42 Å².